The zero-order valence-corrected chi connectivity index (χ0v) is 7.62. The van der Waals surface area contributed by atoms with E-state index >= 15 is 0 Å². The van der Waals surface area contributed by atoms with E-state index in [9.17, 15) is 9.90 Å². The van der Waals surface area contributed by atoms with E-state index in [-0.39, 0.29) is 17.1 Å². The van der Waals surface area contributed by atoms with Crippen LogP contribution in [0.5, 0.6) is 0 Å². The molecule has 0 aromatic carbocycles. The first-order valence-corrected chi connectivity index (χ1v) is 4.64. The number of aliphatic hydroxyl groups excluding tert-OH is 1. The Morgan fingerprint density at radius 3 is 2.92 bits per heavy atom. The van der Waals surface area contributed by atoms with E-state index in [0.29, 0.717) is 6.42 Å². The smallest absolute Gasteiger partial charge is 0.138 e. The number of fused-ring (bicyclic) bond motifs is 2. The Morgan fingerprint density at radius 2 is 2.31 bits per heavy atom. The highest BCUT2D eigenvalue weighted by Gasteiger charge is 2.51. The van der Waals surface area contributed by atoms with Gasteiger partial charge < -0.3 is 5.11 Å². The number of hydrogen-bond acceptors (Lipinski definition) is 2. The molecule has 2 nitrogen and oxygen atoms in total. The van der Waals surface area contributed by atoms with Crippen molar-refractivity contribution in [2.75, 3.05) is 0 Å². The molecule has 0 heterocycles. The van der Waals surface area contributed by atoms with Gasteiger partial charge >= 0.3 is 0 Å². The predicted molar refractivity (Wildman–Crippen MR) is 50.1 cm³/mol. The number of Topliss-reactive ketones (excluding diaryl/α,β-unsaturated/α-hetero) is 1. The van der Waals surface area contributed by atoms with Crippen LogP contribution in [0.1, 0.15) is 19.3 Å². The monoisotopic (exact) mass is 178 g/mol. The summed E-state index contributed by atoms with van der Waals surface area (Å²) in [6.45, 7) is 7.66. The van der Waals surface area contributed by atoms with Crippen LogP contribution in [0, 0.1) is 11.3 Å². The Kier molecular flexibility index (Phi) is 1.70. The fourth-order valence-electron chi connectivity index (χ4n) is 2.57. The molecule has 2 aliphatic rings. The lowest BCUT2D eigenvalue weighted by Crippen LogP contribution is -2.26. The second kappa shape index (κ2) is 2.55. The van der Waals surface area contributed by atoms with Gasteiger partial charge in [-0.3, -0.25) is 4.79 Å². The number of allylic oxidation sites excluding steroid dienone is 1. The summed E-state index contributed by atoms with van der Waals surface area (Å²) >= 11 is 0. The first-order valence-electron chi connectivity index (χ1n) is 4.64. The van der Waals surface area contributed by atoms with E-state index < -0.39 is 6.10 Å². The Bertz CT molecular complexity index is 292. The summed E-state index contributed by atoms with van der Waals surface area (Å²) in [7, 11) is 0. The molecule has 2 aliphatic carbocycles. The first kappa shape index (κ1) is 8.70. The van der Waals surface area contributed by atoms with Crippen molar-refractivity contribution in [1.29, 1.82) is 0 Å². The van der Waals surface area contributed by atoms with Crippen LogP contribution in [0.4, 0.5) is 0 Å². The van der Waals surface area contributed by atoms with Crippen molar-refractivity contribution in [1.82, 2.24) is 0 Å². The van der Waals surface area contributed by atoms with Crippen LogP contribution in [-0.4, -0.2) is 17.0 Å². The van der Waals surface area contributed by atoms with Gasteiger partial charge in [0.2, 0.25) is 0 Å². The molecule has 0 aromatic rings. The van der Waals surface area contributed by atoms with Crippen molar-refractivity contribution >= 4 is 5.78 Å². The number of rotatable bonds is 1. The largest absolute Gasteiger partial charge is 0.388 e. The summed E-state index contributed by atoms with van der Waals surface area (Å²) in [6.07, 6.45) is 3.28. The van der Waals surface area contributed by atoms with Crippen molar-refractivity contribution in [2.24, 2.45) is 11.3 Å². The van der Waals surface area contributed by atoms with Crippen LogP contribution in [0.3, 0.4) is 0 Å². The van der Waals surface area contributed by atoms with Gasteiger partial charge in [0.05, 0.1) is 6.10 Å². The number of aliphatic hydroxyl groups is 1. The zero-order chi connectivity index (χ0) is 9.64. The van der Waals surface area contributed by atoms with Crippen molar-refractivity contribution < 1.29 is 9.90 Å². The highest BCUT2D eigenvalue weighted by Crippen LogP contribution is 2.53. The maximum absolute atomic E-state index is 11.4. The van der Waals surface area contributed by atoms with Gasteiger partial charge in [0, 0.05) is 17.8 Å². The van der Waals surface area contributed by atoms with Crippen LogP contribution in [-0.2, 0) is 4.79 Å². The van der Waals surface area contributed by atoms with Gasteiger partial charge in [-0.2, -0.15) is 0 Å². The third kappa shape index (κ3) is 0.953. The highest BCUT2D eigenvalue weighted by atomic mass is 16.3. The van der Waals surface area contributed by atoms with Crippen LogP contribution in [0.15, 0.2) is 24.8 Å². The minimum atomic E-state index is -0.631. The molecular formula is C11H14O2. The van der Waals surface area contributed by atoms with Gasteiger partial charge in [-0.1, -0.05) is 12.7 Å². The Labute approximate surface area is 78.0 Å². The topological polar surface area (TPSA) is 37.3 Å². The van der Waals surface area contributed by atoms with Crippen molar-refractivity contribution in [3.63, 3.8) is 0 Å². The van der Waals surface area contributed by atoms with Crippen LogP contribution in [0.25, 0.3) is 0 Å². The van der Waals surface area contributed by atoms with Crippen LogP contribution < -0.4 is 0 Å². The molecule has 0 aromatic heterocycles. The molecule has 2 saturated carbocycles. The van der Waals surface area contributed by atoms with E-state index in [0.717, 1.165) is 18.4 Å². The summed E-state index contributed by atoms with van der Waals surface area (Å²) in [4.78, 5) is 11.4. The fourth-order valence-corrected chi connectivity index (χ4v) is 2.57. The number of carbonyl (C=O) groups excluding carboxylic acids is 1. The molecule has 2 bridgehead atoms. The average Bonchev–Trinajstić information content (AvgIpc) is 2.36. The Balaban J connectivity index is 2.41. The average molecular weight is 178 g/mol. The number of ketones is 1. The quantitative estimate of drug-likeness (QED) is 0.617. The van der Waals surface area contributed by atoms with Crippen LogP contribution >= 0.6 is 0 Å². The molecule has 0 amide bonds. The standard InChI is InChI=1S/C11H14O2/c1-3-11-5-4-9(12)8(6-11)10(13)7(11)2/h3,8,10,13H,1-2,4-6H2/t8-,10?,11-/m1/s1. The highest BCUT2D eigenvalue weighted by molar-refractivity contribution is 5.84. The minimum Gasteiger partial charge on any atom is -0.388 e. The van der Waals surface area contributed by atoms with Crippen molar-refractivity contribution in [3.05, 3.63) is 24.8 Å². The molecule has 2 fully saturated rings. The third-order valence-corrected chi connectivity index (χ3v) is 3.58. The maximum atomic E-state index is 11.4. The molecule has 3 atom stereocenters. The molecule has 0 saturated heterocycles. The summed E-state index contributed by atoms with van der Waals surface area (Å²) in [5, 5.41) is 9.77. The molecule has 1 N–H and O–H groups in total. The normalized spacial score (nSPS) is 43.8. The molecule has 2 rings (SSSR count). The lowest BCUT2D eigenvalue weighted by atomic mass is 9.74. The van der Waals surface area contributed by atoms with E-state index in [1.807, 2.05) is 6.08 Å². The molecule has 0 spiro atoms. The van der Waals surface area contributed by atoms with Gasteiger partial charge in [-0.05, 0) is 18.4 Å². The van der Waals surface area contributed by atoms with Gasteiger partial charge in [0.1, 0.15) is 5.78 Å². The van der Waals surface area contributed by atoms with E-state index in [2.05, 4.69) is 13.2 Å². The zero-order valence-electron chi connectivity index (χ0n) is 7.62. The number of hydrogen-bond donors (Lipinski definition) is 1. The lowest BCUT2D eigenvalue weighted by molar-refractivity contribution is -0.126. The molecule has 0 aliphatic heterocycles. The van der Waals surface area contributed by atoms with Crippen LogP contribution in [0.2, 0.25) is 0 Å². The van der Waals surface area contributed by atoms with E-state index in [4.69, 9.17) is 0 Å². The van der Waals surface area contributed by atoms with Gasteiger partial charge in [-0.25, -0.2) is 0 Å². The SMILES string of the molecule is C=C[C@@]12CCC(=O)[C@@H](C1)C(O)C2=C. The molecule has 1 unspecified atom stereocenters. The molecular weight excluding hydrogens is 164 g/mol. The van der Waals surface area contributed by atoms with Crippen molar-refractivity contribution in [2.45, 2.75) is 25.4 Å². The molecule has 0 radical (unpaired) electrons. The first-order chi connectivity index (χ1) is 6.10. The minimum absolute atomic E-state index is 0.155. The summed E-state index contributed by atoms with van der Waals surface area (Å²) in [5.74, 6) is -0.0251. The molecule has 13 heavy (non-hydrogen) atoms. The summed E-state index contributed by atoms with van der Waals surface area (Å²) in [5.41, 5.74) is 0.635. The molecule has 70 valence electrons. The van der Waals surface area contributed by atoms with E-state index in [1.165, 1.54) is 0 Å². The second-order valence-corrected chi connectivity index (χ2v) is 4.11. The molecule has 2 heteroatoms. The summed E-state index contributed by atoms with van der Waals surface area (Å²) < 4.78 is 0. The predicted octanol–water partition coefficient (Wildman–Crippen LogP) is 1.46. The lowest BCUT2D eigenvalue weighted by Gasteiger charge is -2.29. The Morgan fingerprint density at radius 1 is 1.62 bits per heavy atom. The van der Waals surface area contributed by atoms with Gasteiger partial charge in [0.25, 0.3) is 0 Å². The van der Waals surface area contributed by atoms with Crippen molar-refractivity contribution in [3.8, 4) is 0 Å². The third-order valence-electron chi connectivity index (χ3n) is 3.58. The van der Waals surface area contributed by atoms with E-state index in [1.54, 1.807) is 0 Å². The Hall–Kier alpha value is -0.890. The number of carbonyl (C=O) groups is 1. The summed E-state index contributed by atoms with van der Waals surface area (Å²) in [6, 6.07) is 0. The maximum Gasteiger partial charge on any atom is 0.138 e. The van der Waals surface area contributed by atoms with Gasteiger partial charge in [-0.15, -0.1) is 6.58 Å². The van der Waals surface area contributed by atoms with Gasteiger partial charge in [0.15, 0.2) is 0 Å². The second-order valence-electron chi connectivity index (χ2n) is 4.11. The fraction of sp³-hybridized carbons (Fsp3) is 0.545.